The monoisotopic (exact) mass is 329 g/mol. The Morgan fingerprint density at radius 2 is 2.10 bits per heavy atom. The van der Waals surface area contributed by atoms with Crippen molar-refractivity contribution in [2.24, 2.45) is 0 Å². The summed E-state index contributed by atoms with van der Waals surface area (Å²) in [5.74, 6) is -0.139. The number of carbonyl (C=O) groups excluding carboxylic acids is 1. The minimum absolute atomic E-state index is 0.139. The fraction of sp³-hybridized carbons (Fsp3) is 0.0667. The molecule has 0 saturated carbocycles. The van der Waals surface area contributed by atoms with Crippen LogP contribution in [0, 0.1) is 6.92 Å². The van der Waals surface area contributed by atoms with Crippen molar-refractivity contribution in [1.82, 2.24) is 10.2 Å². The van der Waals surface area contributed by atoms with Crippen LogP contribution in [0.5, 0.6) is 0 Å². The summed E-state index contributed by atoms with van der Waals surface area (Å²) in [5.41, 5.74) is 3.41. The number of rotatable bonds is 2. The molecule has 0 atom stereocenters. The second-order valence-corrected chi connectivity index (χ2v) is 5.46. The van der Waals surface area contributed by atoms with Crippen LogP contribution in [0.3, 0.4) is 0 Å². The van der Waals surface area contributed by atoms with Crippen molar-refractivity contribution in [2.75, 3.05) is 5.32 Å². The van der Waals surface area contributed by atoms with Crippen LogP contribution >= 0.6 is 15.9 Å². The van der Waals surface area contributed by atoms with Gasteiger partial charge in [0.1, 0.15) is 0 Å². The van der Waals surface area contributed by atoms with Crippen molar-refractivity contribution in [2.45, 2.75) is 6.92 Å². The molecule has 0 fully saturated rings. The number of aromatic nitrogens is 2. The highest BCUT2D eigenvalue weighted by Gasteiger charge is 2.10. The third-order valence-corrected chi connectivity index (χ3v) is 3.72. The molecule has 2 aromatic carbocycles. The number of anilines is 1. The van der Waals surface area contributed by atoms with Crippen LogP contribution in [0.2, 0.25) is 0 Å². The summed E-state index contributed by atoms with van der Waals surface area (Å²) < 4.78 is 0.791. The Morgan fingerprint density at radius 1 is 1.25 bits per heavy atom. The minimum Gasteiger partial charge on any atom is -0.322 e. The summed E-state index contributed by atoms with van der Waals surface area (Å²) in [6.45, 7) is 1.99. The number of hydrogen-bond acceptors (Lipinski definition) is 2. The van der Waals surface area contributed by atoms with Gasteiger partial charge in [0.15, 0.2) is 0 Å². The minimum atomic E-state index is -0.139. The topological polar surface area (TPSA) is 57.8 Å². The fourth-order valence-corrected chi connectivity index (χ4v) is 2.70. The summed E-state index contributed by atoms with van der Waals surface area (Å²) >= 11 is 3.42. The maximum absolute atomic E-state index is 12.3. The van der Waals surface area contributed by atoms with Crippen LogP contribution in [0.1, 0.15) is 15.9 Å². The molecule has 0 radical (unpaired) electrons. The first-order valence-corrected chi connectivity index (χ1v) is 6.93. The summed E-state index contributed by atoms with van der Waals surface area (Å²) in [6.07, 6.45) is 1.73. The first-order valence-electron chi connectivity index (χ1n) is 6.14. The number of H-pyrrole nitrogens is 1. The Morgan fingerprint density at radius 3 is 2.90 bits per heavy atom. The van der Waals surface area contributed by atoms with Crippen LogP contribution in [-0.2, 0) is 0 Å². The van der Waals surface area contributed by atoms with E-state index >= 15 is 0 Å². The quantitative estimate of drug-likeness (QED) is 0.749. The standard InChI is InChI=1S/C15H12BrN3O/c1-9-2-4-12(13(16)6-9)15(20)18-11-3-5-14-10(7-11)8-17-19-14/h2-8H,1H3,(H,17,19)(H,18,20). The van der Waals surface area contributed by atoms with Crippen LogP contribution in [0.15, 0.2) is 47.1 Å². The molecule has 0 aliphatic carbocycles. The molecule has 4 nitrogen and oxygen atoms in total. The normalized spacial score (nSPS) is 10.7. The number of nitrogens with zero attached hydrogens (tertiary/aromatic N) is 1. The molecular weight excluding hydrogens is 318 g/mol. The number of carbonyl (C=O) groups is 1. The molecule has 2 N–H and O–H groups in total. The highest BCUT2D eigenvalue weighted by Crippen LogP contribution is 2.21. The van der Waals surface area contributed by atoms with Crippen molar-refractivity contribution in [1.29, 1.82) is 0 Å². The maximum atomic E-state index is 12.3. The summed E-state index contributed by atoms with van der Waals surface area (Å²) in [5, 5.41) is 10.7. The molecule has 0 spiro atoms. The number of amides is 1. The third-order valence-electron chi connectivity index (χ3n) is 3.07. The Balaban J connectivity index is 1.87. The van der Waals surface area contributed by atoms with Gasteiger partial charge in [-0.15, -0.1) is 0 Å². The Hall–Kier alpha value is -2.14. The molecule has 3 aromatic rings. The lowest BCUT2D eigenvalue weighted by Crippen LogP contribution is -2.12. The first kappa shape index (κ1) is 12.9. The third kappa shape index (κ3) is 2.44. The Labute approximate surface area is 124 Å². The average molecular weight is 330 g/mol. The van der Waals surface area contributed by atoms with E-state index in [1.807, 2.05) is 43.3 Å². The fourth-order valence-electron chi connectivity index (χ4n) is 2.02. The van der Waals surface area contributed by atoms with Gasteiger partial charge in [-0.2, -0.15) is 5.10 Å². The SMILES string of the molecule is Cc1ccc(C(=O)Nc2ccc3[nH]ncc3c2)c(Br)c1. The number of halogens is 1. The van der Waals surface area contributed by atoms with Gasteiger partial charge in [0.2, 0.25) is 0 Å². The molecule has 1 aromatic heterocycles. The van der Waals surface area contributed by atoms with Gasteiger partial charge in [0.05, 0.1) is 17.3 Å². The zero-order valence-corrected chi connectivity index (χ0v) is 12.4. The maximum Gasteiger partial charge on any atom is 0.256 e. The van der Waals surface area contributed by atoms with E-state index in [2.05, 4.69) is 31.4 Å². The molecular formula is C15H12BrN3O. The molecule has 3 rings (SSSR count). The molecule has 0 unspecified atom stereocenters. The van der Waals surface area contributed by atoms with Crippen LogP contribution in [0.4, 0.5) is 5.69 Å². The van der Waals surface area contributed by atoms with E-state index in [4.69, 9.17) is 0 Å². The zero-order chi connectivity index (χ0) is 14.1. The van der Waals surface area contributed by atoms with E-state index in [-0.39, 0.29) is 5.91 Å². The number of aromatic amines is 1. The molecule has 100 valence electrons. The van der Waals surface area contributed by atoms with E-state index in [1.54, 1.807) is 6.20 Å². The number of nitrogens with one attached hydrogen (secondary N) is 2. The van der Waals surface area contributed by atoms with Crippen molar-refractivity contribution in [3.63, 3.8) is 0 Å². The van der Waals surface area contributed by atoms with E-state index in [9.17, 15) is 4.79 Å². The molecule has 1 heterocycles. The van der Waals surface area contributed by atoms with E-state index in [0.717, 1.165) is 26.6 Å². The lowest BCUT2D eigenvalue weighted by Gasteiger charge is -2.07. The lowest BCUT2D eigenvalue weighted by atomic mass is 10.1. The van der Waals surface area contributed by atoms with Gasteiger partial charge in [-0.25, -0.2) is 0 Å². The van der Waals surface area contributed by atoms with Crippen LogP contribution < -0.4 is 5.32 Å². The van der Waals surface area contributed by atoms with Gasteiger partial charge in [-0.05, 0) is 58.7 Å². The van der Waals surface area contributed by atoms with Gasteiger partial charge >= 0.3 is 0 Å². The number of benzene rings is 2. The predicted molar refractivity (Wildman–Crippen MR) is 82.9 cm³/mol. The summed E-state index contributed by atoms with van der Waals surface area (Å²) in [4.78, 5) is 12.3. The highest BCUT2D eigenvalue weighted by molar-refractivity contribution is 9.10. The molecule has 0 aliphatic heterocycles. The smallest absolute Gasteiger partial charge is 0.256 e. The highest BCUT2D eigenvalue weighted by atomic mass is 79.9. The van der Waals surface area contributed by atoms with E-state index in [1.165, 1.54) is 0 Å². The molecule has 0 aliphatic rings. The van der Waals surface area contributed by atoms with Crippen molar-refractivity contribution >= 4 is 38.4 Å². The van der Waals surface area contributed by atoms with Crippen molar-refractivity contribution < 1.29 is 4.79 Å². The van der Waals surface area contributed by atoms with Gasteiger partial charge < -0.3 is 5.32 Å². The second kappa shape index (κ2) is 5.09. The average Bonchev–Trinajstić information content (AvgIpc) is 2.85. The zero-order valence-electron chi connectivity index (χ0n) is 10.8. The van der Waals surface area contributed by atoms with Gasteiger partial charge in [-0.3, -0.25) is 9.89 Å². The Kier molecular flexibility index (Phi) is 3.28. The first-order chi connectivity index (χ1) is 9.63. The van der Waals surface area contributed by atoms with E-state index < -0.39 is 0 Å². The lowest BCUT2D eigenvalue weighted by molar-refractivity contribution is 0.102. The number of aryl methyl sites for hydroxylation is 1. The van der Waals surface area contributed by atoms with Gasteiger partial charge in [0.25, 0.3) is 5.91 Å². The molecule has 1 amide bonds. The van der Waals surface area contributed by atoms with Crippen LogP contribution in [-0.4, -0.2) is 16.1 Å². The second-order valence-electron chi connectivity index (χ2n) is 4.61. The van der Waals surface area contributed by atoms with E-state index in [0.29, 0.717) is 5.56 Å². The number of hydrogen-bond donors (Lipinski definition) is 2. The molecule has 20 heavy (non-hydrogen) atoms. The molecule has 0 saturated heterocycles. The summed E-state index contributed by atoms with van der Waals surface area (Å²) in [7, 11) is 0. The van der Waals surface area contributed by atoms with Gasteiger partial charge in [-0.1, -0.05) is 6.07 Å². The van der Waals surface area contributed by atoms with Gasteiger partial charge in [0, 0.05) is 15.5 Å². The van der Waals surface area contributed by atoms with Crippen LogP contribution in [0.25, 0.3) is 10.9 Å². The molecule has 0 bridgehead atoms. The largest absolute Gasteiger partial charge is 0.322 e. The number of fused-ring (bicyclic) bond motifs is 1. The summed E-state index contributed by atoms with van der Waals surface area (Å²) in [6, 6.07) is 11.3. The van der Waals surface area contributed by atoms with Crippen molar-refractivity contribution in [3.05, 3.63) is 58.2 Å². The Bertz CT molecular complexity index is 795. The van der Waals surface area contributed by atoms with Crippen molar-refractivity contribution in [3.8, 4) is 0 Å². The predicted octanol–water partition coefficient (Wildman–Crippen LogP) is 3.89. The molecule has 5 heteroatoms.